The van der Waals surface area contributed by atoms with Gasteiger partial charge < -0.3 is 20.0 Å². The molecule has 36 heavy (non-hydrogen) atoms. The Labute approximate surface area is 203 Å². The number of halogens is 6. The number of urea groups is 1. The first kappa shape index (κ1) is 30.9. The van der Waals surface area contributed by atoms with E-state index in [1.165, 1.54) is 12.0 Å². The number of carboxylic acid groups (broad SMARTS) is 2. The number of alkyl halides is 6. The summed E-state index contributed by atoms with van der Waals surface area (Å²) in [5.74, 6) is -5.51. The molecule has 3 rings (SSSR count). The zero-order chi connectivity index (χ0) is 27.7. The largest absolute Gasteiger partial charge is 0.490 e. The summed E-state index contributed by atoms with van der Waals surface area (Å²) < 4.78 is 63.5. The number of aliphatic carboxylic acids is 2. The van der Waals surface area contributed by atoms with Crippen molar-refractivity contribution in [1.29, 1.82) is 0 Å². The van der Waals surface area contributed by atoms with Crippen LogP contribution in [0.1, 0.15) is 24.8 Å². The SMILES string of the molecule is CN(C)C(=O)N1CCC2(CCN(Cc3cccnc3)C2)CC1.O=C(O)C(F)(F)F.O=C(O)C(F)(F)F. The summed E-state index contributed by atoms with van der Waals surface area (Å²) in [6, 6.07) is 4.31. The first-order valence-electron chi connectivity index (χ1n) is 10.6. The van der Waals surface area contributed by atoms with Crippen LogP contribution in [0.15, 0.2) is 24.5 Å². The Morgan fingerprint density at radius 3 is 1.83 bits per heavy atom. The van der Waals surface area contributed by atoms with Crippen molar-refractivity contribution in [2.75, 3.05) is 40.3 Å². The summed E-state index contributed by atoms with van der Waals surface area (Å²) in [5, 5.41) is 14.2. The van der Waals surface area contributed by atoms with Gasteiger partial charge in [-0.1, -0.05) is 6.07 Å². The molecule has 2 N–H and O–H groups in total. The van der Waals surface area contributed by atoms with Gasteiger partial charge in [-0.15, -0.1) is 0 Å². The smallest absolute Gasteiger partial charge is 0.475 e. The number of hydrogen-bond acceptors (Lipinski definition) is 5. The lowest BCUT2D eigenvalue weighted by Gasteiger charge is -2.40. The quantitative estimate of drug-likeness (QED) is 0.564. The van der Waals surface area contributed by atoms with Gasteiger partial charge in [0.2, 0.25) is 0 Å². The minimum Gasteiger partial charge on any atom is -0.475 e. The van der Waals surface area contributed by atoms with Gasteiger partial charge in [-0.25, -0.2) is 14.4 Å². The van der Waals surface area contributed by atoms with E-state index in [4.69, 9.17) is 19.8 Å². The molecule has 0 aliphatic carbocycles. The molecule has 2 saturated heterocycles. The second-order valence-electron chi connectivity index (χ2n) is 8.59. The maximum absolute atomic E-state index is 12.0. The average Bonchev–Trinajstić information content (AvgIpc) is 3.15. The third-order valence-corrected chi connectivity index (χ3v) is 5.61. The van der Waals surface area contributed by atoms with E-state index in [-0.39, 0.29) is 6.03 Å². The molecule has 0 unspecified atom stereocenters. The first-order valence-corrected chi connectivity index (χ1v) is 10.6. The van der Waals surface area contributed by atoms with Crippen LogP contribution < -0.4 is 0 Å². The number of carboxylic acids is 2. The fourth-order valence-corrected chi connectivity index (χ4v) is 3.78. The average molecular weight is 530 g/mol. The first-order chi connectivity index (χ1) is 16.5. The molecule has 0 radical (unpaired) electrons. The van der Waals surface area contributed by atoms with Crippen molar-refractivity contribution in [3.63, 3.8) is 0 Å². The second kappa shape index (κ2) is 12.7. The van der Waals surface area contributed by atoms with Gasteiger partial charge in [-0.2, -0.15) is 26.3 Å². The van der Waals surface area contributed by atoms with Gasteiger partial charge >= 0.3 is 30.3 Å². The fourth-order valence-electron chi connectivity index (χ4n) is 3.78. The van der Waals surface area contributed by atoms with Gasteiger partial charge in [-0.05, 0) is 42.9 Å². The summed E-state index contributed by atoms with van der Waals surface area (Å²) in [6.07, 6.45) is -2.85. The molecular weight excluding hydrogens is 502 g/mol. The highest BCUT2D eigenvalue weighted by molar-refractivity contribution is 5.74. The van der Waals surface area contributed by atoms with E-state index >= 15 is 0 Å². The van der Waals surface area contributed by atoms with E-state index in [9.17, 15) is 31.1 Å². The molecule has 9 nitrogen and oxygen atoms in total. The third kappa shape index (κ3) is 10.3. The number of likely N-dealkylation sites (tertiary alicyclic amines) is 2. The van der Waals surface area contributed by atoms with E-state index in [1.54, 1.807) is 4.90 Å². The van der Waals surface area contributed by atoms with E-state index in [2.05, 4.69) is 16.0 Å². The van der Waals surface area contributed by atoms with Gasteiger partial charge in [0.15, 0.2) is 0 Å². The van der Waals surface area contributed by atoms with Crippen LogP contribution in [0.2, 0.25) is 0 Å². The number of piperidine rings is 1. The maximum Gasteiger partial charge on any atom is 0.490 e. The molecule has 1 spiro atoms. The maximum atomic E-state index is 12.0. The Morgan fingerprint density at radius 1 is 0.972 bits per heavy atom. The topological polar surface area (TPSA) is 114 Å². The molecule has 2 aliphatic heterocycles. The van der Waals surface area contributed by atoms with Gasteiger partial charge in [0.25, 0.3) is 0 Å². The minimum absolute atomic E-state index is 0.153. The summed E-state index contributed by atoms with van der Waals surface area (Å²) in [5.41, 5.74) is 1.71. The highest BCUT2D eigenvalue weighted by Crippen LogP contribution is 2.40. The Morgan fingerprint density at radius 2 is 1.44 bits per heavy atom. The molecule has 0 aromatic carbocycles. The molecule has 0 atom stereocenters. The number of pyridine rings is 1. The van der Waals surface area contributed by atoms with Crippen LogP contribution in [0.5, 0.6) is 0 Å². The van der Waals surface area contributed by atoms with Crippen molar-refractivity contribution in [2.45, 2.75) is 38.2 Å². The summed E-state index contributed by atoms with van der Waals surface area (Å²) >= 11 is 0. The molecule has 1 aromatic rings. The predicted octanol–water partition coefficient (Wildman–Crippen LogP) is 3.32. The number of rotatable bonds is 2. The molecule has 204 valence electrons. The molecule has 2 aliphatic rings. The lowest BCUT2D eigenvalue weighted by molar-refractivity contribution is -0.193. The van der Waals surface area contributed by atoms with Crippen molar-refractivity contribution >= 4 is 18.0 Å². The van der Waals surface area contributed by atoms with Gasteiger partial charge in [0.1, 0.15) is 0 Å². The van der Waals surface area contributed by atoms with Crippen LogP contribution >= 0.6 is 0 Å². The van der Waals surface area contributed by atoms with Gasteiger partial charge in [0.05, 0.1) is 0 Å². The van der Waals surface area contributed by atoms with Crippen LogP contribution in [0.4, 0.5) is 31.1 Å². The number of aromatic nitrogens is 1. The minimum atomic E-state index is -5.08. The number of amides is 2. The lowest BCUT2D eigenvalue weighted by atomic mass is 9.78. The summed E-state index contributed by atoms with van der Waals surface area (Å²) in [7, 11) is 3.66. The van der Waals surface area contributed by atoms with Crippen molar-refractivity contribution in [3.8, 4) is 0 Å². The van der Waals surface area contributed by atoms with E-state index in [0.29, 0.717) is 5.41 Å². The second-order valence-corrected chi connectivity index (χ2v) is 8.59. The Bertz CT molecular complexity index is 848. The standard InChI is InChI=1S/C17H26N4O.2C2HF3O2/c1-19(2)16(22)21-10-6-17(7-11-21)5-9-20(14-17)13-15-4-3-8-18-12-15;2*3-2(4,5)1(6)7/h3-4,8,12H,5-7,9-11,13-14H2,1-2H3;2*(H,6,7). The fraction of sp³-hybridized carbons (Fsp3) is 0.619. The highest BCUT2D eigenvalue weighted by Gasteiger charge is 2.41. The Kier molecular flexibility index (Phi) is 10.9. The summed E-state index contributed by atoms with van der Waals surface area (Å²) in [4.78, 5) is 40.3. The van der Waals surface area contributed by atoms with E-state index < -0.39 is 24.3 Å². The van der Waals surface area contributed by atoms with Crippen LogP contribution in [0.3, 0.4) is 0 Å². The van der Waals surface area contributed by atoms with E-state index in [1.807, 2.05) is 37.5 Å². The van der Waals surface area contributed by atoms with Crippen molar-refractivity contribution in [3.05, 3.63) is 30.1 Å². The van der Waals surface area contributed by atoms with Crippen molar-refractivity contribution in [2.24, 2.45) is 5.41 Å². The number of carbonyl (C=O) groups excluding carboxylic acids is 1. The number of hydrogen-bond donors (Lipinski definition) is 2. The predicted molar refractivity (Wildman–Crippen MR) is 114 cm³/mol. The number of carbonyl (C=O) groups is 3. The van der Waals surface area contributed by atoms with Crippen LogP contribution in [0, 0.1) is 5.41 Å². The zero-order valence-electron chi connectivity index (χ0n) is 19.6. The zero-order valence-corrected chi connectivity index (χ0v) is 19.6. The van der Waals surface area contributed by atoms with E-state index in [0.717, 1.165) is 45.6 Å². The highest BCUT2D eigenvalue weighted by atomic mass is 19.4. The summed E-state index contributed by atoms with van der Waals surface area (Å²) in [6.45, 7) is 5.12. The van der Waals surface area contributed by atoms with Crippen LogP contribution in [-0.2, 0) is 16.1 Å². The molecular formula is C21H28F6N4O5. The molecule has 1 aromatic heterocycles. The Hall–Kier alpha value is -3.10. The van der Waals surface area contributed by atoms with Gasteiger partial charge in [0, 0.05) is 52.7 Å². The molecule has 15 heteroatoms. The van der Waals surface area contributed by atoms with Crippen molar-refractivity contribution in [1.82, 2.24) is 19.7 Å². The molecule has 0 bridgehead atoms. The normalized spacial score (nSPS) is 17.4. The molecule has 0 saturated carbocycles. The number of nitrogens with zero attached hydrogens (tertiary/aromatic N) is 4. The van der Waals surface area contributed by atoms with Crippen molar-refractivity contribution < 1.29 is 50.9 Å². The molecule has 3 heterocycles. The molecule has 2 fully saturated rings. The van der Waals surface area contributed by atoms with Crippen LogP contribution in [-0.4, -0.2) is 100 Å². The Balaban J connectivity index is 0.000000383. The monoisotopic (exact) mass is 530 g/mol. The molecule has 2 amide bonds. The lowest BCUT2D eigenvalue weighted by Crippen LogP contribution is -2.47. The van der Waals surface area contributed by atoms with Gasteiger partial charge in [-0.3, -0.25) is 9.88 Å². The van der Waals surface area contributed by atoms with Crippen LogP contribution in [0.25, 0.3) is 0 Å². The third-order valence-electron chi connectivity index (χ3n) is 5.61.